The van der Waals surface area contributed by atoms with Crippen LogP contribution in [0.1, 0.15) is 32.3 Å². The highest BCUT2D eigenvalue weighted by atomic mass is 32.1. The third-order valence-electron chi connectivity index (χ3n) is 5.05. The molecular weight excluding hydrogens is 453 g/mol. The van der Waals surface area contributed by atoms with Crippen LogP contribution in [0.15, 0.2) is 52.9 Å². The lowest BCUT2D eigenvalue weighted by Crippen LogP contribution is -2.27. The van der Waals surface area contributed by atoms with Gasteiger partial charge in [0.2, 0.25) is 11.7 Å². The highest BCUT2D eigenvalue weighted by Gasteiger charge is 2.30. The zero-order valence-corrected chi connectivity index (χ0v) is 18.8. The quantitative estimate of drug-likeness (QED) is 0.341. The summed E-state index contributed by atoms with van der Waals surface area (Å²) in [5.41, 5.74) is 1.12. The van der Waals surface area contributed by atoms with Gasteiger partial charge < -0.3 is 14.5 Å². The summed E-state index contributed by atoms with van der Waals surface area (Å²) in [6.07, 6.45) is -4.00. The highest BCUT2D eigenvalue weighted by Crippen LogP contribution is 2.37. The number of amides is 1. The Labute approximate surface area is 192 Å². The van der Waals surface area contributed by atoms with Gasteiger partial charge in [0.15, 0.2) is 0 Å². The Morgan fingerprint density at radius 3 is 2.73 bits per heavy atom. The molecule has 0 saturated heterocycles. The average Bonchev–Trinajstić information content (AvgIpc) is 3.36. The van der Waals surface area contributed by atoms with E-state index in [2.05, 4.69) is 10.3 Å². The van der Waals surface area contributed by atoms with E-state index in [4.69, 9.17) is 9.15 Å². The van der Waals surface area contributed by atoms with Crippen molar-refractivity contribution < 1.29 is 27.1 Å². The molecule has 0 radical (unpaired) electrons. The summed E-state index contributed by atoms with van der Waals surface area (Å²) >= 11 is 1.47. The second kappa shape index (κ2) is 9.36. The van der Waals surface area contributed by atoms with Crippen molar-refractivity contribution in [3.8, 4) is 11.5 Å². The first kappa shape index (κ1) is 23.0. The van der Waals surface area contributed by atoms with Crippen LogP contribution in [0.4, 0.5) is 13.2 Å². The SMILES string of the molecule is COCCNC(=O)c1oc(-c2cccc3cc(Cc4cccc(C(F)(F)F)c4)sc23)nc1C. The van der Waals surface area contributed by atoms with Crippen molar-refractivity contribution >= 4 is 27.3 Å². The van der Waals surface area contributed by atoms with E-state index in [1.807, 2.05) is 24.3 Å². The van der Waals surface area contributed by atoms with Gasteiger partial charge in [-0.2, -0.15) is 13.2 Å². The van der Waals surface area contributed by atoms with Crippen LogP contribution in [0.25, 0.3) is 21.5 Å². The normalized spacial score (nSPS) is 11.8. The molecule has 0 aliphatic heterocycles. The van der Waals surface area contributed by atoms with Crippen molar-refractivity contribution in [1.29, 1.82) is 0 Å². The molecule has 0 fully saturated rings. The molecule has 5 nitrogen and oxygen atoms in total. The van der Waals surface area contributed by atoms with Gasteiger partial charge in [0, 0.05) is 29.7 Å². The van der Waals surface area contributed by atoms with Crippen molar-refractivity contribution in [3.05, 3.63) is 76.0 Å². The molecule has 172 valence electrons. The number of nitrogens with zero attached hydrogens (tertiary/aromatic N) is 1. The molecule has 2 aromatic heterocycles. The number of fused-ring (bicyclic) bond motifs is 1. The van der Waals surface area contributed by atoms with Gasteiger partial charge in [-0.25, -0.2) is 4.98 Å². The van der Waals surface area contributed by atoms with Crippen molar-refractivity contribution in [2.24, 2.45) is 0 Å². The van der Waals surface area contributed by atoms with E-state index in [0.717, 1.165) is 26.6 Å². The molecule has 0 spiro atoms. The van der Waals surface area contributed by atoms with Crippen molar-refractivity contribution in [2.45, 2.75) is 19.5 Å². The predicted molar refractivity (Wildman–Crippen MR) is 121 cm³/mol. The minimum absolute atomic E-state index is 0.138. The van der Waals surface area contributed by atoms with E-state index in [1.54, 1.807) is 20.1 Å². The first-order valence-electron chi connectivity index (χ1n) is 10.2. The van der Waals surface area contributed by atoms with Crippen LogP contribution < -0.4 is 5.32 Å². The summed E-state index contributed by atoms with van der Waals surface area (Å²) < 4.78 is 50.8. The lowest BCUT2D eigenvalue weighted by atomic mass is 10.1. The highest BCUT2D eigenvalue weighted by molar-refractivity contribution is 7.19. The fraction of sp³-hybridized carbons (Fsp3) is 0.250. The molecule has 1 amide bonds. The topological polar surface area (TPSA) is 64.4 Å². The summed E-state index contributed by atoms with van der Waals surface area (Å²) in [7, 11) is 1.55. The summed E-state index contributed by atoms with van der Waals surface area (Å²) in [6, 6.07) is 13.0. The number of rotatable bonds is 7. The van der Waals surface area contributed by atoms with E-state index < -0.39 is 11.7 Å². The number of alkyl halides is 3. The van der Waals surface area contributed by atoms with E-state index in [9.17, 15) is 18.0 Å². The first-order chi connectivity index (χ1) is 15.8. The Bertz CT molecular complexity index is 1290. The second-order valence-electron chi connectivity index (χ2n) is 7.49. The third-order valence-corrected chi connectivity index (χ3v) is 6.24. The van der Waals surface area contributed by atoms with E-state index in [-0.39, 0.29) is 11.7 Å². The fourth-order valence-electron chi connectivity index (χ4n) is 3.50. The van der Waals surface area contributed by atoms with Gasteiger partial charge in [-0.15, -0.1) is 11.3 Å². The van der Waals surface area contributed by atoms with E-state index >= 15 is 0 Å². The molecule has 0 aliphatic rings. The number of ether oxygens (including phenoxy) is 1. The summed E-state index contributed by atoms with van der Waals surface area (Å²) in [5.74, 6) is 0.0909. The molecule has 2 aromatic carbocycles. The number of thiophene rings is 1. The van der Waals surface area contributed by atoms with Crippen molar-refractivity contribution in [3.63, 3.8) is 0 Å². The lowest BCUT2D eigenvalue weighted by Gasteiger charge is -2.08. The van der Waals surface area contributed by atoms with Crippen LogP contribution in [-0.2, 0) is 17.3 Å². The van der Waals surface area contributed by atoms with Crippen LogP contribution in [0.2, 0.25) is 0 Å². The number of carbonyl (C=O) groups is 1. The Morgan fingerprint density at radius 1 is 1.18 bits per heavy atom. The predicted octanol–water partition coefficient (Wildman–Crippen LogP) is 5.85. The number of hydrogen-bond acceptors (Lipinski definition) is 5. The number of hydrogen-bond donors (Lipinski definition) is 1. The molecule has 0 bridgehead atoms. The van der Waals surface area contributed by atoms with E-state index in [0.29, 0.717) is 36.7 Å². The molecule has 0 unspecified atom stereocenters. The maximum absolute atomic E-state index is 13.0. The Morgan fingerprint density at radius 2 is 1.97 bits per heavy atom. The molecule has 4 rings (SSSR count). The Balaban J connectivity index is 1.63. The molecule has 2 heterocycles. The Kier molecular flexibility index (Phi) is 6.53. The lowest BCUT2D eigenvalue weighted by molar-refractivity contribution is -0.137. The summed E-state index contributed by atoms with van der Waals surface area (Å²) in [4.78, 5) is 17.7. The second-order valence-corrected chi connectivity index (χ2v) is 8.63. The molecular formula is C24H21F3N2O3S. The maximum Gasteiger partial charge on any atom is 0.416 e. The van der Waals surface area contributed by atoms with Crippen LogP contribution in [0.3, 0.4) is 0 Å². The molecule has 0 aliphatic carbocycles. The number of carbonyl (C=O) groups excluding carboxylic acids is 1. The molecule has 4 aromatic rings. The number of oxazole rings is 1. The molecule has 1 N–H and O–H groups in total. The molecule has 0 saturated carbocycles. The number of methoxy groups -OCH3 is 1. The Hall–Kier alpha value is -3.17. The summed E-state index contributed by atoms with van der Waals surface area (Å²) in [6.45, 7) is 2.44. The summed E-state index contributed by atoms with van der Waals surface area (Å²) in [5, 5.41) is 3.65. The van der Waals surface area contributed by atoms with Gasteiger partial charge in [-0.1, -0.05) is 30.3 Å². The minimum Gasteiger partial charge on any atom is -0.431 e. The largest absolute Gasteiger partial charge is 0.431 e. The van der Waals surface area contributed by atoms with Crippen LogP contribution in [-0.4, -0.2) is 31.2 Å². The fourth-order valence-corrected chi connectivity index (χ4v) is 4.70. The zero-order valence-electron chi connectivity index (χ0n) is 18.0. The van der Waals surface area contributed by atoms with Gasteiger partial charge in [0.1, 0.15) is 0 Å². The van der Waals surface area contributed by atoms with Crippen molar-refractivity contribution in [1.82, 2.24) is 10.3 Å². The van der Waals surface area contributed by atoms with Crippen LogP contribution in [0.5, 0.6) is 0 Å². The monoisotopic (exact) mass is 474 g/mol. The molecule has 0 atom stereocenters. The smallest absolute Gasteiger partial charge is 0.416 e. The number of nitrogens with one attached hydrogen (secondary N) is 1. The first-order valence-corrected chi connectivity index (χ1v) is 11.0. The number of aromatic nitrogens is 1. The van der Waals surface area contributed by atoms with Gasteiger partial charge in [0.05, 0.1) is 23.4 Å². The molecule has 9 heteroatoms. The van der Waals surface area contributed by atoms with Gasteiger partial charge in [-0.05, 0) is 36.1 Å². The van der Waals surface area contributed by atoms with Gasteiger partial charge >= 0.3 is 6.18 Å². The van der Waals surface area contributed by atoms with Crippen LogP contribution in [0, 0.1) is 6.92 Å². The zero-order chi connectivity index (χ0) is 23.6. The number of aryl methyl sites for hydroxylation is 1. The van der Waals surface area contributed by atoms with Gasteiger partial charge in [-0.3, -0.25) is 4.79 Å². The van der Waals surface area contributed by atoms with Crippen LogP contribution >= 0.6 is 11.3 Å². The van der Waals surface area contributed by atoms with Crippen molar-refractivity contribution in [2.75, 3.05) is 20.3 Å². The standard InChI is InChI=1S/C24H21F3N2O3S/c1-14-20(22(30)28-9-10-31-2)32-23(29-14)19-8-4-6-16-13-18(33-21(16)19)12-15-5-3-7-17(11-15)24(25,26)27/h3-8,11,13H,9-10,12H2,1-2H3,(H,28,30). The number of halogens is 3. The molecule has 33 heavy (non-hydrogen) atoms. The van der Waals surface area contributed by atoms with Gasteiger partial charge in [0.25, 0.3) is 5.91 Å². The average molecular weight is 475 g/mol. The minimum atomic E-state index is -4.38. The van der Waals surface area contributed by atoms with E-state index in [1.165, 1.54) is 23.5 Å². The maximum atomic E-state index is 13.0. The third kappa shape index (κ3) is 5.09. The number of benzene rings is 2.